The summed E-state index contributed by atoms with van der Waals surface area (Å²) in [6, 6.07) is 18.0. The summed E-state index contributed by atoms with van der Waals surface area (Å²) >= 11 is 3.47. The molecule has 2 heteroatoms. The van der Waals surface area contributed by atoms with Crippen LogP contribution < -0.4 is 0 Å². The summed E-state index contributed by atoms with van der Waals surface area (Å²) in [7, 11) is 0. The Morgan fingerprint density at radius 3 is 2.25 bits per heavy atom. The minimum atomic E-state index is 0.718. The van der Waals surface area contributed by atoms with Crippen molar-refractivity contribution in [1.82, 2.24) is 0 Å². The first-order chi connectivity index (χ1) is 7.86. The predicted molar refractivity (Wildman–Crippen MR) is 69.2 cm³/mol. The van der Waals surface area contributed by atoms with Crippen LogP contribution in [0.3, 0.4) is 0 Å². The van der Waals surface area contributed by atoms with Crippen LogP contribution in [0.15, 0.2) is 48.5 Å². The maximum absolute atomic E-state index is 9.08. The first kappa shape index (κ1) is 10.9. The van der Waals surface area contributed by atoms with Crippen molar-refractivity contribution in [2.75, 3.05) is 0 Å². The lowest BCUT2D eigenvalue weighted by Crippen LogP contribution is -1.88. The Morgan fingerprint density at radius 1 is 0.938 bits per heavy atom. The van der Waals surface area contributed by atoms with Crippen molar-refractivity contribution in [1.29, 1.82) is 5.26 Å². The Labute approximate surface area is 103 Å². The molecule has 78 valence electrons. The van der Waals surface area contributed by atoms with Crippen LogP contribution in [0.5, 0.6) is 0 Å². The molecule has 0 atom stereocenters. The molecule has 0 fully saturated rings. The van der Waals surface area contributed by atoms with Crippen LogP contribution in [0.1, 0.15) is 11.1 Å². The SMILES string of the molecule is N#Cc1ccccc1-c1ccccc1CBr. The fourth-order valence-electron chi connectivity index (χ4n) is 1.72. The standard InChI is InChI=1S/C14H10BrN/c15-9-11-5-1-3-7-13(11)14-8-4-2-6-12(14)10-16/h1-8H,9H2. The Hall–Kier alpha value is -1.59. The molecule has 0 saturated carbocycles. The Kier molecular flexibility index (Phi) is 3.38. The molecule has 0 aliphatic carbocycles. The van der Waals surface area contributed by atoms with E-state index >= 15 is 0 Å². The molecule has 0 amide bonds. The van der Waals surface area contributed by atoms with Crippen LogP contribution in [0.25, 0.3) is 11.1 Å². The third-order valence-corrected chi connectivity index (χ3v) is 3.10. The van der Waals surface area contributed by atoms with Gasteiger partial charge < -0.3 is 0 Å². The highest BCUT2D eigenvalue weighted by Gasteiger charge is 2.07. The van der Waals surface area contributed by atoms with Gasteiger partial charge in [-0.15, -0.1) is 0 Å². The van der Waals surface area contributed by atoms with Crippen molar-refractivity contribution < 1.29 is 0 Å². The van der Waals surface area contributed by atoms with E-state index in [0.717, 1.165) is 22.0 Å². The number of benzene rings is 2. The van der Waals surface area contributed by atoms with Gasteiger partial charge in [-0.05, 0) is 22.8 Å². The van der Waals surface area contributed by atoms with E-state index in [1.165, 1.54) is 5.56 Å². The zero-order valence-corrected chi connectivity index (χ0v) is 10.2. The highest BCUT2D eigenvalue weighted by atomic mass is 79.9. The van der Waals surface area contributed by atoms with Gasteiger partial charge in [-0.3, -0.25) is 0 Å². The van der Waals surface area contributed by atoms with Gasteiger partial charge in [0.2, 0.25) is 0 Å². The van der Waals surface area contributed by atoms with E-state index in [0.29, 0.717) is 0 Å². The summed E-state index contributed by atoms with van der Waals surface area (Å²) in [5.41, 5.74) is 4.04. The van der Waals surface area contributed by atoms with E-state index in [9.17, 15) is 0 Å². The third kappa shape index (κ3) is 2.00. The van der Waals surface area contributed by atoms with Crippen molar-refractivity contribution in [3.8, 4) is 17.2 Å². The first-order valence-corrected chi connectivity index (χ1v) is 6.12. The molecule has 0 aliphatic heterocycles. The zero-order valence-electron chi connectivity index (χ0n) is 8.65. The van der Waals surface area contributed by atoms with Crippen LogP contribution in [-0.4, -0.2) is 0 Å². The fourth-order valence-corrected chi connectivity index (χ4v) is 2.20. The van der Waals surface area contributed by atoms with Gasteiger partial charge in [0.15, 0.2) is 0 Å². The Morgan fingerprint density at radius 2 is 1.56 bits per heavy atom. The van der Waals surface area contributed by atoms with Crippen LogP contribution >= 0.6 is 15.9 Å². The summed E-state index contributed by atoms with van der Waals surface area (Å²) in [4.78, 5) is 0. The summed E-state index contributed by atoms with van der Waals surface area (Å²) < 4.78 is 0. The molecule has 0 spiro atoms. The number of rotatable bonds is 2. The molecular formula is C14H10BrN. The van der Waals surface area contributed by atoms with Gasteiger partial charge in [0.25, 0.3) is 0 Å². The normalized spacial score (nSPS) is 9.75. The zero-order chi connectivity index (χ0) is 11.4. The van der Waals surface area contributed by atoms with Gasteiger partial charge >= 0.3 is 0 Å². The lowest BCUT2D eigenvalue weighted by atomic mass is 9.97. The molecule has 16 heavy (non-hydrogen) atoms. The summed E-state index contributed by atoms with van der Waals surface area (Å²) in [6.45, 7) is 0. The van der Waals surface area contributed by atoms with E-state index < -0.39 is 0 Å². The molecule has 2 aromatic rings. The van der Waals surface area contributed by atoms with Crippen LogP contribution in [0, 0.1) is 11.3 Å². The predicted octanol–water partition coefficient (Wildman–Crippen LogP) is 4.12. The molecule has 2 aromatic carbocycles. The number of nitrogens with zero attached hydrogens (tertiary/aromatic N) is 1. The number of nitriles is 1. The smallest absolute Gasteiger partial charge is 0.0998 e. The second-order valence-corrected chi connectivity index (χ2v) is 4.01. The molecule has 2 rings (SSSR count). The minimum Gasteiger partial charge on any atom is -0.192 e. The summed E-state index contributed by atoms with van der Waals surface area (Å²) in [5.74, 6) is 0. The van der Waals surface area contributed by atoms with E-state index in [-0.39, 0.29) is 0 Å². The van der Waals surface area contributed by atoms with E-state index in [1.807, 2.05) is 42.5 Å². The number of hydrogen-bond acceptors (Lipinski definition) is 1. The Balaban J connectivity index is 2.64. The van der Waals surface area contributed by atoms with Gasteiger partial charge in [-0.2, -0.15) is 5.26 Å². The van der Waals surface area contributed by atoms with E-state index in [4.69, 9.17) is 5.26 Å². The van der Waals surface area contributed by atoms with E-state index in [2.05, 4.69) is 28.1 Å². The highest BCUT2D eigenvalue weighted by Crippen LogP contribution is 2.27. The average molecular weight is 272 g/mol. The van der Waals surface area contributed by atoms with Crippen molar-refractivity contribution in [3.05, 3.63) is 59.7 Å². The van der Waals surface area contributed by atoms with Gasteiger partial charge in [-0.1, -0.05) is 58.4 Å². The second-order valence-electron chi connectivity index (χ2n) is 3.45. The second kappa shape index (κ2) is 4.96. The number of alkyl halides is 1. The van der Waals surface area contributed by atoms with Gasteiger partial charge in [0.05, 0.1) is 11.6 Å². The van der Waals surface area contributed by atoms with Crippen LogP contribution in [-0.2, 0) is 5.33 Å². The van der Waals surface area contributed by atoms with Gasteiger partial charge in [-0.25, -0.2) is 0 Å². The largest absolute Gasteiger partial charge is 0.192 e. The lowest BCUT2D eigenvalue weighted by Gasteiger charge is -2.08. The van der Waals surface area contributed by atoms with E-state index in [1.54, 1.807) is 0 Å². The quantitative estimate of drug-likeness (QED) is 0.754. The lowest BCUT2D eigenvalue weighted by molar-refractivity contribution is 1.41. The van der Waals surface area contributed by atoms with Gasteiger partial charge in [0, 0.05) is 5.33 Å². The minimum absolute atomic E-state index is 0.718. The molecule has 0 bridgehead atoms. The van der Waals surface area contributed by atoms with Crippen molar-refractivity contribution in [2.24, 2.45) is 0 Å². The topological polar surface area (TPSA) is 23.8 Å². The summed E-state index contributed by atoms with van der Waals surface area (Å²) in [5, 5.41) is 9.88. The number of hydrogen-bond donors (Lipinski definition) is 0. The highest BCUT2D eigenvalue weighted by molar-refractivity contribution is 9.08. The summed E-state index contributed by atoms with van der Waals surface area (Å²) in [6.07, 6.45) is 0. The first-order valence-electron chi connectivity index (χ1n) is 5.00. The molecular weight excluding hydrogens is 262 g/mol. The molecule has 0 heterocycles. The number of halogens is 1. The fraction of sp³-hybridized carbons (Fsp3) is 0.0714. The monoisotopic (exact) mass is 271 g/mol. The molecule has 0 aliphatic rings. The molecule has 0 saturated heterocycles. The molecule has 0 aromatic heterocycles. The van der Waals surface area contributed by atoms with Crippen LogP contribution in [0.2, 0.25) is 0 Å². The average Bonchev–Trinajstić information content (AvgIpc) is 2.38. The third-order valence-electron chi connectivity index (χ3n) is 2.50. The van der Waals surface area contributed by atoms with Crippen molar-refractivity contribution >= 4 is 15.9 Å². The van der Waals surface area contributed by atoms with Crippen LogP contribution in [0.4, 0.5) is 0 Å². The molecule has 0 N–H and O–H groups in total. The maximum Gasteiger partial charge on any atom is 0.0998 e. The Bertz CT molecular complexity index is 540. The van der Waals surface area contributed by atoms with Crippen molar-refractivity contribution in [2.45, 2.75) is 5.33 Å². The van der Waals surface area contributed by atoms with Crippen molar-refractivity contribution in [3.63, 3.8) is 0 Å². The molecule has 0 radical (unpaired) electrons. The van der Waals surface area contributed by atoms with Gasteiger partial charge in [0.1, 0.15) is 0 Å². The maximum atomic E-state index is 9.08. The molecule has 0 unspecified atom stereocenters. The molecule has 1 nitrogen and oxygen atoms in total.